The van der Waals surface area contributed by atoms with E-state index in [0.717, 1.165) is 27.9 Å². The summed E-state index contributed by atoms with van der Waals surface area (Å²) in [6.07, 6.45) is 1.83. The van der Waals surface area contributed by atoms with Gasteiger partial charge in [-0.3, -0.25) is 5.01 Å². The van der Waals surface area contributed by atoms with Gasteiger partial charge in [0.1, 0.15) is 5.03 Å². The van der Waals surface area contributed by atoms with E-state index < -0.39 is 0 Å². The minimum atomic E-state index is 0.212. The molecule has 1 aromatic heterocycles. The molecule has 6 nitrogen and oxygen atoms in total. The smallest absolute Gasteiger partial charge is 0.177 e. The van der Waals surface area contributed by atoms with Gasteiger partial charge >= 0.3 is 0 Å². The molecule has 4 rings (SSSR count). The van der Waals surface area contributed by atoms with Crippen LogP contribution in [0.4, 0.5) is 0 Å². The molecular formula is C20H20Cl2N6S. The predicted octanol–water partition coefficient (Wildman–Crippen LogP) is 4.87. The van der Waals surface area contributed by atoms with Crippen LogP contribution in [-0.2, 0) is 5.75 Å². The highest BCUT2D eigenvalue weighted by atomic mass is 35.5. The molecule has 2 heterocycles. The monoisotopic (exact) mass is 446 g/mol. The first-order chi connectivity index (χ1) is 14.0. The van der Waals surface area contributed by atoms with Crippen molar-refractivity contribution in [2.75, 3.05) is 0 Å². The van der Waals surface area contributed by atoms with Gasteiger partial charge in [-0.05, 0) is 37.6 Å². The number of thioether (sulfide) groups is 1. The quantitative estimate of drug-likeness (QED) is 0.529. The molecule has 2 aromatic carbocycles. The zero-order chi connectivity index (χ0) is 20.4. The molecule has 0 atom stereocenters. The number of amidine groups is 1. The van der Waals surface area contributed by atoms with Crippen molar-refractivity contribution in [1.29, 1.82) is 0 Å². The molecule has 1 aliphatic heterocycles. The van der Waals surface area contributed by atoms with Crippen molar-refractivity contribution in [1.82, 2.24) is 25.9 Å². The number of hydrazone groups is 1. The molecule has 1 aliphatic rings. The van der Waals surface area contributed by atoms with Gasteiger partial charge in [0.05, 0.1) is 27.5 Å². The van der Waals surface area contributed by atoms with Crippen molar-refractivity contribution in [2.45, 2.75) is 30.7 Å². The van der Waals surface area contributed by atoms with Gasteiger partial charge < -0.3 is 0 Å². The molecule has 0 saturated heterocycles. The molecule has 0 aliphatic carbocycles. The van der Waals surface area contributed by atoms with E-state index in [-0.39, 0.29) is 6.04 Å². The van der Waals surface area contributed by atoms with E-state index in [9.17, 15) is 0 Å². The van der Waals surface area contributed by atoms with Crippen LogP contribution in [0.3, 0.4) is 0 Å². The zero-order valence-electron chi connectivity index (χ0n) is 15.9. The molecule has 9 heteroatoms. The lowest BCUT2D eigenvalue weighted by atomic mass is 10.2. The van der Waals surface area contributed by atoms with Crippen molar-refractivity contribution >= 4 is 40.8 Å². The van der Waals surface area contributed by atoms with E-state index >= 15 is 0 Å². The fourth-order valence-electron chi connectivity index (χ4n) is 2.96. The third-order valence-corrected chi connectivity index (χ3v) is 6.29. The van der Waals surface area contributed by atoms with Crippen LogP contribution < -0.4 is 11.1 Å². The standard InChI is InChI=1S/C20H20Cl2N6S/c1-13(2)27-19(24-25-26-27)16-11-23-28(15-8-9-17(21)18(22)10-15)20(16)29-12-14-6-4-3-5-7-14/h3-11,13,25-26H,12H2,1-2H3. The van der Waals surface area contributed by atoms with Crippen LogP contribution in [0.5, 0.6) is 0 Å². The van der Waals surface area contributed by atoms with Gasteiger partial charge in [-0.15, -0.1) is 22.4 Å². The van der Waals surface area contributed by atoms with Crippen molar-refractivity contribution in [3.63, 3.8) is 0 Å². The lowest BCUT2D eigenvalue weighted by Crippen LogP contribution is -2.45. The number of hydrazine groups is 2. The Labute approximate surface area is 183 Å². The number of aromatic nitrogens is 2. The van der Waals surface area contributed by atoms with E-state index in [1.165, 1.54) is 5.56 Å². The summed E-state index contributed by atoms with van der Waals surface area (Å²) in [4.78, 5) is 0. The maximum absolute atomic E-state index is 6.26. The summed E-state index contributed by atoms with van der Waals surface area (Å²) in [6, 6.07) is 16.1. The molecule has 0 spiro atoms. The maximum atomic E-state index is 6.26. The Bertz CT molecular complexity index is 1030. The second kappa shape index (κ2) is 8.67. The summed E-state index contributed by atoms with van der Waals surface area (Å²) in [5, 5.41) is 13.0. The van der Waals surface area contributed by atoms with Crippen LogP contribution in [0.2, 0.25) is 10.0 Å². The predicted molar refractivity (Wildman–Crippen MR) is 119 cm³/mol. The first-order valence-corrected chi connectivity index (χ1v) is 10.9. The van der Waals surface area contributed by atoms with Crippen LogP contribution in [0.15, 0.2) is 64.9 Å². The van der Waals surface area contributed by atoms with Crippen molar-refractivity contribution < 1.29 is 0 Å². The van der Waals surface area contributed by atoms with Crippen LogP contribution in [0, 0.1) is 0 Å². The summed E-state index contributed by atoms with van der Waals surface area (Å²) in [6.45, 7) is 4.19. The summed E-state index contributed by atoms with van der Waals surface area (Å²) in [5.74, 6) is 1.60. The largest absolute Gasteiger partial charge is 0.268 e. The minimum absolute atomic E-state index is 0.212. The summed E-state index contributed by atoms with van der Waals surface area (Å²) >= 11 is 14.1. The highest BCUT2D eigenvalue weighted by molar-refractivity contribution is 7.98. The number of benzene rings is 2. The molecular weight excluding hydrogens is 427 g/mol. The third kappa shape index (κ3) is 4.23. The molecule has 0 amide bonds. The number of halogens is 2. The third-order valence-electron chi connectivity index (χ3n) is 4.41. The summed E-state index contributed by atoms with van der Waals surface area (Å²) in [7, 11) is 0. The van der Waals surface area contributed by atoms with E-state index in [4.69, 9.17) is 23.2 Å². The molecule has 29 heavy (non-hydrogen) atoms. The van der Waals surface area contributed by atoms with Gasteiger partial charge in [0.15, 0.2) is 5.84 Å². The van der Waals surface area contributed by atoms with Crippen LogP contribution >= 0.6 is 35.0 Å². The molecule has 0 bridgehead atoms. The van der Waals surface area contributed by atoms with Crippen LogP contribution in [0.25, 0.3) is 5.69 Å². The molecule has 0 fully saturated rings. The number of nitrogens with zero attached hydrogens (tertiary/aromatic N) is 4. The van der Waals surface area contributed by atoms with Gasteiger partial charge in [-0.25, -0.2) is 10.2 Å². The number of hydrogen-bond acceptors (Lipinski definition) is 6. The Morgan fingerprint density at radius 2 is 1.86 bits per heavy atom. The molecule has 3 aromatic rings. The van der Waals surface area contributed by atoms with Gasteiger partial charge in [0, 0.05) is 11.8 Å². The highest BCUT2D eigenvalue weighted by Gasteiger charge is 2.27. The Balaban J connectivity index is 1.75. The van der Waals surface area contributed by atoms with Crippen molar-refractivity contribution in [2.24, 2.45) is 5.10 Å². The molecule has 2 N–H and O–H groups in total. The fraction of sp³-hybridized carbons (Fsp3) is 0.200. The van der Waals surface area contributed by atoms with E-state index in [1.54, 1.807) is 17.8 Å². The molecule has 0 unspecified atom stereocenters. The molecule has 0 radical (unpaired) electrons. The summed E-state index contributed by atoms with van der Waals surface area (Å²) < 4.78 is 1.88. The number of rotatable bonds is 6. The Hall–Kier alpha value is -2.19. The zero-order valence-corrected chi connectivity index (χ0v) is 18.3. The van der Waals surface area contributed by atoms with E-state index in [1.807, 2.05) is 46.2 Å². The van der Waals surface area contributed by atoms with Gasteiger partial charge in [-0.2, -0.15) is 5.10 Å². The Kier molecular flexibility index (Phi) is 6.01. The fourth-order valence-corrected chi connectivity index (χ4v) is 4.32. The first kappa shape index (κ1) is 20.1. The first-order valence-electron chi connectivity index (χ1n) is 9.12. The average molecular weight is 447 g/mol. The van der Waals surface area contributed by atoms with E-state index in [2.05, 4.69) is 47.2 Å². The molecule has 0 saturated carbocycles. The van der Waals surface area contributed by atoms with Crippen LogP contribution in [-0.4, -0.2) is 26.7 Å². The van der Waals surface area contributed by atoms with Gasteiger partial charge in [0.25, 0.3) is 0 Å². The topological polar surface area (TPSA) is 57.5 Å². The van der Waals surface area contributed by atoms with Crippen molar-refractivity contribution in [3.8, 4) is 5.69 Å². The highest BCUT2D eigenvalue weighted by Crippen LogP contribution is 2.32. The van der Waals surface area contributed by atoms with Gasteiger partial charge in [-0.1, -0.05) is 53.5 Å². The molecule has 150 valence electrons. The minimum Gasteiger partial charge on any atom is -0.268 e. The van der Waals surface area contributed by atoms with Gasteiger partial charge in [0.2, 0.25) is 0 Å². The van der Waals surface area contributed by atoms with Crippen molar-refractivity contribution in [3.05, 3.63) is 75.9 Å². The SMILES string of the molecule is CC(C)N1NNN=C1c1cnn(-c2ccc(Cl)c(Cl)c2)c1SCc1ccccc1. The normalized spacial score (nSPS) is 13.7. The number of nitrogens with one attached hydrogen (secondary N) is 2. The average Bonchev–Trinajstić information content (AvgIpc) is 3.36. The Morgan fingerprint density at radius 1 is 1.07 bits per heavy atom. The van der Waals surface area contributed by atoms with Crippen LogP contribution in [0.1, 0.15) is 25.0 Å². The second-order valence-corrected chi connectivity index (χ2v) is 8.55. The number of hydrogen-bond donors (Lipinski definition) is 2. The Morgan fingerprint density at radius 3 is 2.59 bits per heavy atom. The second-order valence-electron chi connectivity index (χ2n) is 6.77. The lowest BCUT2D eigenvalue weighted by molar-refractivity contribution is 0.246. The van der Waals surface area contributed by atoms with E-state index in [0.29, 0.717) is 10.0 Å². The lowest BCUT2D eigenvalue weighted by Gasteiger charge is -2.23. The maximum Gasteiger partial charge on any atom is 0.177 e. The summed E-state index contributed by atoms with van der Waals surface area (Å²) in [5.41, 5.74) is 8.92.